The number of ketones is 1. The van der Waals surface area contributed by atoms with Crippen LogP contribution in [-0.2, 0) is 14.1 Å². The van der Waals surface area contributed by atoms with E-state index >= 15 is 0 Å². The lowest BCUT2D eigenvalue weighted by Crippen LogP contribution is -2.22. The molecule has 0 bridgehead atoms. The van der Waals surface area contributed by atoms with Gasteiger partial charge in [-0.25, -0.2) is 5.48 Å². The number of hydrogen-bond acceptors (Lipinski definition) is 8. The van der Waals surface area contributed by atoms with Gasteiger partial charge < -0.3 is 16.8 Å². The summed E-state index contributed by atoms with van der Waals surface area (Å²) < 4.78 is 5.11. The lowest BCUT2D eigenvalue weighted by atomic mass is 9.84. The Balaban J connectivity index is 1.32. The smallest absolute Gasteiger partial charge is 0.258 e. The third-order valence-electron chi connectivity index (χ3n) is 5.30. The number of hydrogen-bond donors (Lipinski definition) is 4. The van der Waals surface area contributed by atoms with E-state index in [-0.39, 0.29) is 17.3 Å². The van der Waals surface area contributed by atoms with Crippen LogP contribution in [-0.4, -0.2) is 11.7 Å². The molecule has 9 heteroatoms. The summed E-state index contributed by atoms with van der Waals surface area (Å²) in [5.74, 6) is -0.614. The summed E-state index contributed by atoms with van der Waals surface area (Å²) in [6.07, 6.45) is 0. The lowest BCUT2D eigenvalue weighted by Gasteiger charge is -2.18. The summed E-state index contributed by atoms with van der Waals surface area (Å²) in [6, 6.07) is 21.1. The van der Waals surface area contributed by atoms with Gasteiger partial charge in [0.05, 0.1) is 40.3 Å². The number of amides is 1. The van der Waals surface area contributed by atoms with Crippen molar-refractivity contribution >= 4 is 46.5 Å². The number of fused-ring (bicyclic) bond motifs is 2. The Morgan fingerprint density at radius 3 is 2.24 bits per heavy atom. The fraction of sp³-hybridized carbons (Fsp3) is 0. The first-order chi connectivity index (χ1) is 16.0. The molecule has 1 aliphatic heterocycles. The van der Waals surface area contributed by atoms with Gasteiger partial charge in [-0.3, -0.25) is 9.59 Å². The highest BCUT2D eigenvalue weighted by atomic mass is 32.2. The zero-order valence-corrected chi connectivity index (χ0v) is 17.9. The Bertz CT molecular complexity index is 1330. The molecule has 1 aliphatic carbocycles. The summed E-state index contributed by atoms with van der Waals surface area (Å²) in [5.41, 5.74) is 18.9. The standard InChI is InChI=1S/C24H18N4O4S/c25-14-7-9-15(10-8-14)28-31-32-33-16-11-5-13(6-12-16)22-20-19(24(30)27-22)21(26)17-3-1-2-4-18(17)23(20)29/h1-12,28H,25-26H2,(H,27,30). The molecule has 1 amide bonds. The molecule has 2 aliphatic rings. The second-order valence-corrected chi connectivity index (χ2v) is 8.12. The van der Waals surface area contributed by atoms with E-state index in [0.717, 1.165) is 16.9 Å². The van der Waals surface area contributed by atoms with Crippen LogP contribution >= 0.6 is 12.0 Å². The molecule has 0 spiro atoms. The number of anilines is 2. The molecule has 3 aromatic carbocycles. The van der Waals surface area contributed by atoms with Crippen molar-refractivity contribution in [3.8, 4) is 0 Å². The highest BCUT2D eigenvalue weighted by Crippen LogP contribution is 2.39. The minimum Gasteiger partial charge on any atom is -0.399 e. The van der Waals surface area contributed by atoms with E-state index in [1.807, 2.05) is 0 Å². The zero-order valence-electron chi connectivity index (χ0n) is 17.1. The van der Waals surface area contributed by atoms with Crippen molar-refractivity contribution in [3.63, 3.8) is 0 Å². The van der Waals surface area contributed by atoms with Gasteiger partial charge in [0, 0.05) is 21.7 Å². The summed E-state index contributed by atoms with van der Waals surface area (Å²) in [5, 5.41) is 2.80. The molecule has 0 saturated carbocycles. The Kier molecular flexibility index (Phi) is 5.35. The van der Waals surface area contributed by atoms with Crippen LogP contribution in [0.3, 0.4) is 0 Å². The molecule has 164 valence electrons. The number of carbonyl (C=O) groups excluding carboxylic acids is 2. The molecule has 0 radical (unpaired) electrons. The SMILES string of the molecule is NC1=C2C(=O)NC(c3ccc(SOONc4ccc(N)cc4)cc3)=C2C(=O)c2ccccc21. The third kappa shape index (κ3) is 3.85. The van der Waals surface area contributed by atoms with Gasteiger partial charge in [0.2, 0.25) is 0 Å². The van der Waals surface area contributed by atoms with Gasteiger partial charge in [0.25, 0.3) is 5.91 Å². The molecule has 0 atom stereocenters. The predicted molar refractivity (Wildman–Crippen MR) is 126 cm³/mol. The van der Waals surface area contributed by atoms with Crippen LogP contribution in [0.2, 0.25) is 0 Å². The molecule has 6 N–H and O–H groups in total. The molecule has 3 aromatic rings. The maximum Gasteiger partial charge on any atom is 0.258 e. The average Bonchev–Trinajstić information content (AvgIpc) is 3.19. The van der Waals surface area contributed by atoms with Crippen LogP contribution in [0.5, 0.6) is 0 Å². The minimum absolute atomic E-state index is 0.220. The molecule has 0 unspecified atom stereocenters. The number of nitrogens with one attached hydrogen (secondary N) is 2. The number of rotatable bonds is 6. The van der Waals surface area contributed by atoms with Crippen molar-refractivity contribution in [2.24, 2.45) is 5.73 Å². The summed E-state index contributed by atoms with van der Waals surface area (Å²) in [4.78, 5) is 31.5. The summed E-state index contributed by atoms with van der Waals surface area (Å²) >= 11 is 1.000. The van der Waals surface area contributed by atoms with Crippen molar-refractivity contribution < 1.29 is 18.9 Å². The zero-order chi connectivity index (χ0) is 22.9. The van der Waals surface area contributed by atoms with Crippen LogP contribution in [0.4, 0.5) is 11.4 Å². The van der Waals surface area contributed by atoms with E-state index < -0.39 is 0 Å². The molecule has 0 fully saturated rings. The van der Waals surface area contributed by atoms with Gasteiger partial charge in [0.15, 0.2) is 5.78 Å². The second-order valence-electron chi connectivity index (χ2n) is 7.35. The predicted octanol–water partition coefficient (Wildman–Crippen LogP) is 3.66. The molecule has 5 rings (SSSR count). The topological polar surface area (TPSA) is 129 Å². The Morgan fingerprint density at radius 2 is 1.52 bits per heavy atom. The summed E-state index contributed by atoms with van der Waals surface area (Å²) in [6.45, 7) is 0. The normalized spacial score (nSPS) is 14.8. The number of Topliss-reactive ketones (excluding diaryl/α,β-unsaturated/α-hetero) is 1. The number of nitrogen functional groups attached to an aromatic ring is 1. The third-order valence-corrected chi connectivity index (χ3v) is 5.90. The van der Waals surface area contributed by atoms with E-state index in [1.54, 1.807) is 72.8 Å². The van der Waals surface area contributed by atoms with Crippen molar-refractivity contribution in [1.82, 2.24) is 5.32 Å². The Hall–Kier alpha value is -4.05. The first kappa shape index (κ1) is 20.8. The van der Waals surface area contributed by atoms with Gasteiger partial charge in [-0.15, -0.1) is 9.32 Å². The maximum atomic E-state index is 13.2. The van der Waals surface area contributed by atoms with Gasteiger partial charge in [-0.1, -0.05) is 36.4 Å². The molecule has 1 heterocycles. The van der Waals surface area contributed by atoms with E-state index in [2.05, 4.69) is 10.8 Å². The van der Waals surface area contributed by atoms with Gasteiger partial charge >= 0.3 is 0 Å². The maximum absolute atomic E-state index is 13.2. The van der Waals surface area contributed by atoms with Crippen LogP contribution < -0.4 is 22.3 Å². The van der Waals surface area contributed by atoms with E-state index in [4.69, 9.17) is 20.8 Å². The van der Waals surface area contributed by atoms with Crippen LogP contribution in [0.1, 0.15) is 21.5 Å². The molecule has 0 saturated heterocycles. The van der Waals surface area contributed by atoms with Crippen molar-refractivity contribution in [3.05, 3.63) is 101 Å². The highest BCUT2D eigenvalue weighted by Gasteiger charge is 2.39. The fourth-order valence-corrected chi connectivity index (χ4v) is 4.11. The number of carbonyl (C=O) groups is 2. The van der Waals surface area contributed by atoms with E-state index in [0.29, 0.717) is 45.0 Å². The minimum atomic E-state index is -0.385. The monoisotopic (exact) mass is 458 g/mol. The van der Waals surface area contributed by atoms with Crippen molar-refractivity contribution in [2.75, 3.05) is 11.2 Å². The number of nitrogens with two attached hydrogens (primary N) is 2. The van der Waals surface area contributed by atoms with E-state index in [1.165, 1.54) is 0 Å². The molecular formula is C24H18N4O4S. The van der Waals surface area contributed by atoms with E-state index in [9.17, 15) is 9.59 Å². The average molecular weight is 458 g/mol. The number of benzene rings is 3. The van der Waals surface area contributed by atoms with Crippen LogP contribution in [0.15, 0.2) is 88.8 Å². The lowest BCUT2D eigenvalue weighted by molar-refractivity contribution is -0.161. The molecule has 8 nitrogen and oxygen atoms in total. The molecule has 0 aromatic heterocycles. The Labute approximate surface area is 193 Å². The van der Waals surface area contributed by atoms with Crippen molar-refractivity contribution in [2.45, 2.75) is 4.90 Å². The fourth-order valence-electron chi connectivity index (χ4n) is 3.71. The largest absolute Gasteiger partial charge is 0.399 e. The van der Waals surface area contributed by atoms with Gasteiger partial charge in [0.1, 0.15) is 0 Å². The quantitative estimate of drug-likeness (QED) is 0.145. The van der Waals surface area contributed by atoms with Crippen molar-refractivity contribution in [1.29, 1.82) is 0 Å². The highest BCUT2D eigenvalue weighted by molar-refractivity contribution is 7.94. The first-order valence-corrected chi connectivity index (χ1v) is 10.7. The molecular weight excluding hydrogens is 440 g/mol. The first-order valence-electron chi connectivity index (χ1n) is 9.95. The van der Waals surface area contributed by atoms with Crippen LogP contribution in [0, 0.1) is 0 Å². The second kappa shape index (κ2) is 8.47. The summed E-state index contributed by atoms with van der Waals surface area (Å²) in [7, 11) is 0. The molecule has 33 heavy (non-hydrogen) atoms. The van der Waals surface area contributed by atoms with Gasteiger partial charge in [-0.2, -0.15) is 0 Å². The van der Waals surface area contributed by atoms with Crippen LogP contribution in [0.25, 0.3) is 11.4 Å². The van der Waals surface area contributed by atoms with Gasteiger partial charge in [-0.05, 0) is 42.0 Å². The Morgan fingerprint density at radius 1 is 0.818 bits per heavy atom.